The Morgan fingerprint density at radius 1 is 1.13 bits per heavy atom. The van der Waals surface area contributed by atoms with Gasteiger partial charge in [0, 0.05) is 15.0 Å². The van der Waals surface area contributed by atoms with Crippen molar-refractivity contribution in [3.05, 3.63) is 32.2 Å². The van der Waals surface area contributed by atoms with Crippen LogP contribution in [0.3, 0.4) is 0 Å². The molecule has 0 heterocycles. The van der Waals surface area contributed by atoms with Crippen molar-refractivity contribution >= 4 is 31.9 Å². The van der Waals surface area contributed by atoms with Crippen molar-refractivity contribution in [2.24, 2.45) is 11.1 Å². The number of hydrogen-bond donors (Lipinski definition) is 1. The summed E-state index contributed by atoms with van der Waals surface area (Å²) in [6, 6.07) is 4.24. The average molecular weight is 335 g/mol. The minimum atomic E-state index is 0.0313. The molecule has 0 aliphatic rings. The van der Waals surface area contributed by atoms with Crippen LogP contribution in [-0.2, 0) is 0 Å². The molecule has 1 atom stereocenters. The predicted octanol–water partition coefficient (Wildman–Crippen LogP) is 4.57. The molecule has 1 aromatic rings. The van der Waals surface area contributed by atoms with E-state index in [4.69, 9.17) is 5.73 Å². The molecule has 0 aromatic heterocycles. The normalized spacial score (nSPS) is 14.1. The fraction of sp³-hybridized carbons (Fsp3) is 0.500. The van der Waals surface area contributed by atoms with E-state index in [2.05, 4.69) is 71.7 Å². The number of halogens is 2. The molecule has 1 unspecified atom stereocenters. The van der Waals surface area contributed by atoms with E-state index in [1.807, 2.05) is 0 Å². The van der Waals surface area contributed by atoms with E-state index in [1.165, 1.54) is 5.56 Å². The standard InChI is InChI=1S/C12H17Br2N/c1-7-5-10(14)8(6-9(7)13)11(15)12(2,3)4/h5-6,11H,15H2,1-4H3. The van der Waals surface area contributed by atoms with Crippen LogP contribution < -0.4 is 5.73 Å². The molecule has 1 rings (SSSR count). The van der Waals surface area contributed by atoms with Gasteiger partial charge >= 0.3 is 0 Å². The fourth-order valence-corrected chi connectivity index (χ4v) is 2.43. The SMILES string of the molecule is Cc1cc(Br)c(C(N)C(C)(C)C)cc1Br. The van der Waals surface area contributed by atoms with E-state index in [-0.39, 0.29) is 11.5 Å². The number of nitrogens with two attached hydrogens (primary N) is 1. The van der Waals surface area contributed by atoms with Crippen LogP contribution in [0, 0.1) is 12.3 Å². The first-order valence-electron chi connectivity index (χ1n) is 4.94. The highest BCUT2D eigenvalue weighted by Gasteiger charge is 2.24. The zero-order valence-corrected chi connectivity index (χ0v) is 12.7. The Morgan fingerprint density at radius 2 is 1.67 bits per heavy atom. The number of aryl methyl sites for hydroxylation is 1. The van der Waals surface area contributed by atoms with Gasteiger partial charge in [-0.15, -0.1) is 0 Å². The van der Waals surface area contributed by atoms with Crippen molar-refractivity contribution in [3.63, 3.8) is 0 Å². The lowest BCUT2D eigenvalue weighted by molar-refractivity contribution is 0.326. The first-order chi connectivity index (χ1) is 6.73. The maximum absolute atomic E-state index is 6.24. The minimum absolute atomic E-state index is 0.0313. The molecule has 15 heavy (non-hydrogen) atoms. The van der Waals surface area contributed by atoms with Crippen molar-refractivity contribution in [2.45, 2.75) is 33.7 Å². The van der Waals surface area contributed by atoms with Crippen LogP contribution in [-0.4, -0.2) is 0 Å². The van der Waals surface area contributed by atoms with E-state index < -0.39 is 0 Å². The van der Waals surface area contributed by atoms with E-state index in [0.29, 0.717) is 0 Å². The van der Waals surface area contributed by atoms with Gasteiger partial charge in [0.25, 0.3) is 0 Å². The molecule has 84 valence electrons. The number of rotatable bonds is 1. The Kier molecular flexibility index (Phi) is 4.01. The molecule has 0 spiro atoms. The molecule has 0 bridgehead atoms. The summed E-state index contributed by atoms with van der Waals surface area (Å²) in [5.41, 5.74) is 8.68. The van der Waals surface area contributed by atoms with Gasteiger partial charge in [0.2, 0.25) is 0 Å². The molecular weight excluding hydrogens is 318 g/mol. The van der Waals surface area contributed by atoms with Gasteiger partial charge in [-0.3, -0.25) is 0 Å². The third-order valence-corrected chi connectivity index (χ3v) is 4.09. The monoisotopic (exact) mass is 333 g/mol. The molecule has 3 heteroatoms. The molecule has 0 aliphatic heterocycles. The molecule has 2 N–H and O–H groups in total. The lowest BCUT2D eigenvalue weighted by Crippen LogP contribution is -2.26. The van der Waals surface area contributed by atoms with E-state index in [0.717, 1.165) is 14.5 Å². The molecule has 1 aromatic carbocycles. The highest BCUT2D eigenvalue weighted by Crippen LogP contribution is 2.36. The fourth-order valence-electron chi connectivity index (χ4n) is 1.37. The minimum Gasteiger partial charge on any atom is -0.323 e. The van der Waals surface area contributed by atoms with Crippen molar-refractivity contribution in [1.29, 1.82) is 0 Å². The van der Waals surface area contributed by atoms with Gasteiger partial charge in [0.05, 0.1) is 0 Å². The van der Waals surface area contributed by atoms with Crippen molar-refractivity contribution in [3.8, 4) is 0 Å². The van der Waals surface area contributed by atoms with Crippen molar-refractivity contribution < 1.29 is 0 Å². The van der Waals surface area contributed by atoms with Gasteiger partial charge in [0.1, 0.15) is 0 Å². The molecule has 1 nitrogen and oxygen atoms in total. The second kappa shape index (κ2) is 4.56. The second-order valence-electron chi connectivity index (χ2n) is 4.97. The Morgan fingerprint density at radius 3 is 2.13 bits per heavy atom. The Labute approximate surface area is 109 Å². The zero-order chi connectivity index (χ0) is 11.8. The molecule has 0 saturated carbocycles. The third kappa shape index (κ3) is 3.05. The Hall–Kier alpha value is 0.140. The highest BCUT2D eigenvalue weighted by molar-refractivity contribution is 9.11. The van der Waals surface area contributed by atoms with Crippen LogP contribution in [0.1, 0.15) is 37.9 Å². The summed E-state index contributed by atoms with van der Waals surface area (Å²) in [5.74, 6) is 0. The van der Waals surface area contributed by atoms with E-state index in [9.17, 15) is 0 Å². The van der Waals surface area contributed by atoms with Gasteiger partial charge in [-0.2, -0.15) is 0 Å². The quantitative estimate of drug-likeness (QED) is 0.800. The van der Waals surface area contributed by atoms with Crippen LogP contribution in [0.15, 0.2) is 21.1 Å². The van der Waals surface area contributed by atoms with E-state index >= 15 is 0 Å². The second-order valence-corrected chi connectivity index (χ2v) is 6.68. The van der Waals surface area contributed by atoms with Gasteiger partial charge in [-0.25, -0.2) is 0 Å². The summed E-state index contributed by atoms with van der Waals surface area (Å²) >= 11 is 7.11. The van der Waals surface area contributed by atoms with Crippen molar-refractivity contribution in [1.82, 2.24) is 0 Å². The maximum atomic E-state index is 6.24. The molecule has 0 fully saturated rings. The maximum Gasteiger partial charge on any atom is 0.0355 e. The smallest absolute Gasteiger partial charge is 0.0355 e. The van der Waals surface area contributed by atoms with Crippen LogP contribution in [0.2, 0.25) is 0 Å². The molecule has 0 radical (unpaired) electrons. The molecule has 0 saturated heterocycles. The van der Waals surface area contributed by atoms with Crippen LogP contribution in [0.25, 0.3) is 0 Å². The summed E-state index contributed by atoms with van der Waals surface area (Å²) in [6.07, 6.45) is 0. The zero-order valence-electron chi connectivity index (χ0n) is 9.57. The Balaban J connectivity index is 3.21. The number of benzene rings is 1. The molecule has 0 aliphatic carbocycles. The summed E-state index contributed by atoms with van der Waals surface area (Å²) in [5, 5.41) is 0. The van der Waals surface area contributed by atoms with Crippen LogP contribution in [0.5, 0.6) is 0 Å². The lowest BCUT2D eigenvalue weighted by atomic mass is 9.83. The lowest BCUT2D eigenvalue weighted by Gasteiger charge is -2.28. The molecule has 0 amide bonds. The summed E-state index contributed by atoms with van der Waals surface area (Å²) in [4.78, 5) is 0. The average Bonchev–Trinajstić information content (AvgIpc) is 2.08. The summed E-state index contributed by atoms with van der Waals surface area (Å²) < 4.78 is 2.20. The first kappa shape index (κ1) is 13.2. The summed E-state index contributed by atoms with van der Waals surface area (Å²) in [6.45, 7) is 8.52. The number of hydrogen-bond acceptors (Lipinski definition) is 1. The Bertz CT molecular complexity index is 367. The summed E-state index contributed by atoms with van der Waals surface area (Å²) in [7, 11) is 0. The third-order valence-electron chi connectivity index (χ3n) is 2.55. The van der Waals surface area contributed by atoms with E-state index in [1.54, 1.807) is 0 Å². The van der Waals surface area contributed by atoms with Crippen molar-refractivity contribution in [2.75, 3.05) is 0 Å². The highest BCUT2D eigenvalue weighted by atomic mass is 79.9. The predicted molar refractivity (Wildman–Crippen MR) is 73.0 cm³/mol. The van der Waals surface area contributed by atoms with Crippen LogP contribution >= 0.6 is 31.9 Å². The van der Waals surface area contributed by atoms with Gasteiger partial charge < -0.3 is 5.73 Å². The van der Waals surface area contributed by atoms with Gasteiger partial charge in [-0.05, 0) is 35.6 Å². The molecular formula is C12H17Br2N. The largest absolute Gasteiger partial charge is 0.323 e. The first-order valence-corrected chi connectivity index (χ1v) is 6.53. The van der Waals surface area contributed by atoms with Gasteiger partial charge in [0.15, 0.2) is 0 Å². The topological polar surface area (TPSA) is 26.0 Å². The van der Waals surface area contributed by atoms with Crippen LogP contribution in [0.4, 0.5) is 0 Å². The van der Waals surface area contributed by atoms with Gasteiger partial charge in [-0.1, -0.05) is 52.6 Å².